The maximum atomic E-state index is 12.2. The highest BCUT2D eigenvalue weighted by molar-refractivity contribution is 7.99. The van der Waals surface area contributed by atoms with Crippen molar-refractivity contribution in [1.82, 2.24) is 20.2 Å². The molecule has 31 heavy (non-hydrogen) atoms. The summed E-state index contributed by atoms with van der Waals surface area (Å²) >= 11 is 1.82. The first-order chi connectivity index (χ1) is 15.0. The molecule has 1 saturated heterocycles. The van der Waals surface area contributed by atoms with E-state index >= 15 is 0 Å². The molecule has 0 unspecified atom stereocenters. The van der Waals surface area contributed by atoms with Crippen LogP contribution in [-0.2, 0) is 5.91 Å². The van der Waals surface area contributed by atoms with Crippen LogP contribution in [0.1, 0.15) is 18.4 Å². The van der Waals surface area contributed by atoms with Crippen molar-refractivity contribution in [3.8, 4) is 11.1 Å². The monoisotopic (exact) mass is 439 g/mol. The van der Waals surface area contributed by atoms with Gasteiger partial charge in [-0.15, -0.1) is 0 Å². The van der Waals surface area contributed by atoms with Crippen molar-refractivity contribution in [3.63, 3.8) is 0 Å². The number of hydrogen-bond acceptors (Lipinski definition) is 6. The van der Waals surface area contributed by atoms with Crippen LogP contribution in [0, 0.1) is 0 Å². The number of anilines is 1. The summed E-state index contributed by atoms with van der Waals surface area (Å²) in [5, 5.41) is 28.1. The van der Waals surface area contributed by atoms with Crippen LogP contribution in [0.2, 0.25) is 0 Å². The molecule has 1 aliphatic heterocycles. The highest BCUT2D eigenvalue weighted by Crippen LogP contribution is 2.32. The van der Waals surface area contributed by atoms with Crippen LogP contribution in [0.3, 0.4) is 0 Å². The molecule has 0 bridgehead atoms. The second kappa shape index (κ2) is 8.16. The maximum Gasteiger partial charge on any atom is 0.320 e. The Hall–Kier alpha value is -2.59. The highest BCUT2D eigenvalue weighted by atomic mass is 32.2. The Labute approximate surface area is 184 Å². The normalized spacial score (nSPS) is 17.6. The van der Waals surface area contributed by atoms with Gasteiger partial charge < -0.3 is 20.5 Å². The van der Waals surface area contributed by atoms with Crippen LogP contribution in [0.4, 0.5) is 10.6 Å². The SMILES string of the molecule is O=C(Nc1cc(-c2ccc(C(O)(O)N3CCSCC3)cc2)c2cc[nH]c2n1)NC1CC1. The molecule has 2 aliphatic rings. The first kappa shape index (κ1) is 20.3. The lowest BCUT2D eigenvalue weighted by Crippen LogP contribution is -2.49. The number of rotatable bonds is 5. The first-order valence-electron chi connectivity index (χ1n) is 10.4. The van der Waals surface area contributed by atoms with Crippen molar-refractivity contribution < 1.29 is 15.0 Å². The van der Waals surface area contributed by atoms with Crippen molar-refractivity contribution in [2.45, 2.75) is 24.8 Å². The predicted octanol–water partition coefficient (Wildman–Crippen LogP) is 2.66. The maximum absolute atomic E-state index is 12.2. The average molecular weight is 440 g/mol. The largest absolute Gasteiger partial charge is 0.349 e. The average Bonchev–Trinajstić information content (AvgIpc) is 3.46. The molecule has 0 spiro atoms. The summed E-state index contributed by atoms with van der Waals surface area (Å²) in [6.07, 6.45) is 3.84. The summed E-state index contributed by atoms with van der Waals surface area (Å²) in [5.41, 5.74) is 2.90. The quantitative estimate of drug-likeness (QED) is 0.391. The molecule has 5 rings (SSSR count). The Bertz CT molecular complexity index is 1090. The Morgan fingerprint density at radius 2 is 1.90 bits per heavy atom. The Morgan fingerprint density at radius 1 is 1.16 bits per heavy atom. The van der Waals surface area contributed by atoms with Gasteiger partial charge in [-0.2, -0.15) is 11.8 Å². The van der Waals surface area contributed by atoms with E-state index in [2.05, 4.69) is 20.6 Å². The number of carbonyl (C=O) groups excluding carboxylic acids is 1. The molecule has 2 fully saturated rings. The van der Waals surface area contributed by atoms with Gasteiger partial charge in [-0.1, -0.05) is 24.3 Å². The van der Waals surface area contributed by atoms with Crippen molar-refractivity contribution in [1.29, 1.82) is 0 Å². The number of hydrogen-bond donors (Lipinski definition) is 5. The number of H-pyrrole nitrogens is 1. The zero-order valence-corrected chi connectivity index (χ0v) is 17.8. The predicted molar refractivity (Wildman–Crippen MR) is 122 cm³/mol. The first-order valence-corrected chi connectivity index (χ1v) is 11.6. The summed E-state index contributed by atoms with van der Waals surface area (Å²) in [4.78, 5) is 21.4. The molecule has 0 atom stereocenters. The summed E-state index contributed by atoms with van der Waals surface area (Å²) < 4.78 is 0. The Kier molecular flexibility index (Phi) is 5.35. The molecule has 2 amide bonds. The standard InChI is InChI=1S/C22H25N5O3S/c28-21(24-16-5-6-16)26-19-13-18(17-7-8-23-20(17)25-19)14-1-3-15(4-2-14)22(29,30)27-9-11-31-12-10-27/h1-4,7-8,13,16,29-30H,5-6,9-12H2,(H3,23,24,25,26,28). The number of aromatic nitrogens is 2. The van der Waals surface area contributed by atoms with Gasteiger partial charge in [0.1, 0.15) is 11.5 Å². The Balaban J connectivity index is 1.43. The highest BCUT2D eigenvalue weighted by Gasteiger charge is 2.34. The molecule has 8 nitrogen and oxygen atoms in total. The summed E-state index contributed by atoms with van der Waals surface area (Å²) in [5.74, 6) is 0.229. The third kappa shape index (κ3) is 4.27. The van der Waals surface area contributed by atoms with E-state index in [0.717, 1.165) is 40.9 Å². The number of aromatic amines is 1. The van der Waals surface area contributed by atoms with E-state index < -0.39 is 5.91 Å². The number of aliphatic hydroxyl groups is 2. The molecule has 5 N–H and O–H groups in total. The smallest absolute Gasteiger partial charge is 0.320 e. The molecule has 2 aromatic heterocycles. The van der Waals surface area contributed by atoms with E-state index in [0.29, 0.717) is 30.1 Å². The van der Waals surface area contributed by atoms with Gasteiger partial charge in [-0.25, -0.2) is 14.7 Å². The molecule has 3 aromatic rings. The zero-order chi connectivity index (χ0) is 21.4. The van der Waals surface area contributed by atoms with Gasteiger partial charge in [-0.05, 0) is 36.1 Å². The minimum atomic E-state index is -1.99. The van der Waals surface area contributed by atoms with Crippen LogP contribution >= 0.6 is 11.8 Å². The molecule has 3 heterocycles. The number of nitrogens with zero attached hydrogens (tertiary/aromatic N) is 2. The summed E-state index contributed by atoms with van der Waals surface area (Å²) in [6, 6.07) is 11.0. The number of urea groups is 1. The van der Waals surface area contributed by atoms with E-state index in [1.54, 1.807) is 17.0 Å². The van der Waals surface area contributed by atoms with E-state index in [1.807, 2.05) is 42.2 Å². The van der Waals surface area contributed by atoms with Crippen LogP contribution in [0.5, 0.6) is 0 Å². The molecule has 1 aliphatic carbocycles. The number of thioether (sulfide) groups is 1. The third-order valence-electron chi connectivity index (χ3n) is 5.72. The van der Waals surface area contributed by atoms with E-state index in [9.17, 15) is 15.0 Å². The molecule has 162 valence electrons. The fourth-order valence-corrected chi connectivity index (χ4v) is 4.74. The number of carbonyl (C=O) groups is 1. The summed E-state index contributed by atoms with van der Waals surface area (Å²) in [6.45, 7) is 1.26. The molecular weight excluding hydrogens is 414 g/mol. The van der Waals surface area contributed by atoms with E-state index in [-0.39, 0.29) is 12.1 Å². The van der Waals surface area contributed by atoms with E-state index in [4.69, 9.17) is 0 Å². The lowest BCUT2D eigenvalue weighted by molar-refractivity contribution is -0.273. The van der Waals surface area contributed by atoms with Crippen LogP contribution in [-0.4, -0.2) is 61.7 Å². The molecule has 1 saturated carbocycles. The second-order valence-corrected chi connectivity index (χ2v) is 9.20. The van der Waals surface area contributed by atoms with Crippen molar-refractivity contribution in [3.05, 3.63) is 48.2 Å². The Morgan fingerprint density at radius 3 is 2.61 bits per heavy atom. The number of pyridine rings is 1. The van der Waals surface area contributed by atoms with Crippen molar-refractivity contribution in [2.75, 3.05) is 29.9 Å². The molecular formula is C22H25N5O3S. The van der Waals surface area contributed by atoms with Crippen LogP contribution in [0.15, 0.2) is 42.6 Å². The number of benzene rings is 1. The van der Waals surface area contributed by atoms with Gasteiger partial charge in [0, 0.05) is 47.8 Å². The van der Waals surface area contributed by atoms with Crippen molar-refractivity contribution in [2.24, 2.45) is 0 Å². The fraction of sp³-hybridized carbons (Fsp3) is 0.364. The number of fused-ring (bicyclic) bond motifs is 1. The van der Waals surface area contributed by atoms with Crippen LogP contribution < -0.4 is 10.6 Å². The molecule has 9 heteroatoms. The lowest BCUT2D eigenvalue weighted by atomic mass is 10.0. The topological polar surface area (TPSA) is 114 Å². The fourth-order valence-electron chi connectivity index (χ4n) is 3.84. The van der Waals surface area contributed by atoms with Gasteiger partial charge in [0.15, 0.2) is 0 Å². The van der Waals surface area contributed by atoms with Crippen molar-refractivity contribution >= 4 is 34.6 Å². The minimum Gasteiger partial charge on any atom is -0.349 e. The van der Waals surface area contributed by atoms with Gasteiger partial charge in [0.25, 0.3) is 5.91 Å². The zero-order valence-electron chi connectivity index (χ0n) is 17.0. The van der Waals surface area contributed by atoms with E-state index in [1.165, 1.54) is 0 Å². The van der Waals surface area contributed by atoms with Gasteiger partial charge in [0.05, 0.1) is 0 Å². The van der Waals surface area contributed by atoms with Gasteiger partial charge >= 0.3 is 6.03 Å². The minimum absolute atomic E-state index is 0.257. The number of amides is 2. The van der Waals surface area contributed by atoms with Crippen LogP contribution in [0.25, 0.3) is 22.2 Å². The number of nitrogens with one attached hydrogen (secondary N) is 3. The third-order valence-corrected chi connectivity index (χ3v) is 6.66. The molecule has 1 aromatic carbocycles. The lowest BCUT2D eigenvalue weighted by Gasteiger charge is -2.37. The second-order valence-electron chi connectivity index (χ2n) is 7.98. The van der Waals surface area contributed by atoms with Gasteiger partial charge in [0.2, 0.25) is 0 Å². The molecule has 0 radical (unpaired) electrons. The van der Waals surface area contributed by atoms with Gasteiger partial charge in [-0.3, -0.25) is 5.32 Å². The summed E-state index contributed by atoms with van der Waals surface area (Å²) in [7, 11) is 0.